The molecule has 0 saturated carbocycles. The fourth-order valence-corrected chi connectivity index (χ4v) is 6.00. The number of carbonyl (C=O) groups is 4. The van der Waals surface area contributed by atoms with E-state index in [4.69, 9.17) is 4.84 Å². The van der Waals surface area contributed by atoms with E-state index in [0.717, 1.165) is 0 Å². The Morgan fingerprint density at radius 3 is 2.85 bits per heavy atom. The van der Waals surface area contributed by atoms with E-state index in [2.05, 4.69) is 36.3 Å². The summed E-state index contributed by atoms with van der Waals surface area (Å²) in [5, 5.41) is 30.0. The average molecular weight is 576 g/mol. The van der Waals surface area contributed by atoms with E-state index in [-0.39, 0.29) is 41.2 Å². The molecule has 4 heterocycles. The number of carboxylic acid groups (broad SMARTS) is 1. The SMILES string of the molecule is CC(C)CO/N=C(\C(=O)NC1C(=O)N2C(C(=O)O)=C(CSc3nnnn3C)CS[C@H]12)c1cccc(NC=O)n1. The van der Waals surface area contributed by atoms with Crippen LogP contribution in [-0.4, -0.2) is 94.6 Å². The molecule has 1 saturated heterocycles. The molecule has 0 spiro atoms. The number of anilines is 1. The molecule has 0 radical (unpaired) electrons. The van der Waals surface area contributed by atoms with Crippen molar-refractivity contribution in [3.8, 4) is 0 Å². The van der Waals surface area contributed by atoms with E-state index in [1.165, 1.54) is 45.2 Å². The van der Waals surface area contributed by atoms with Gasteiger partial charge in [-0.2, -0.15) is 0 Å². The van der Waals surface area contributed by atoms with Crippen molar-refractivity contribution in [2.24, 2.45) is 18.1 Å². The number of oxime groups is 1. The van der Waals surface area contributed by atoms with Gasteiger partial charge in [0.05, 0.1) is 0 Å². The van der Waals surface area contributed by atoms with Crippen molar-refractivity contribution in [2.45, 2.75) is 30.4 Å². The Morgan fingerprint density at radius 2 is 2.18 bits per heavy atom. The molecule has 1 unspecified atom stereocenters. The number of β-lactam (4-membered cyclic amide) rings is 1. The number of hydrogen-bond acceptors (Lipinski definition) is 12. The second-order valence-electron chi connectivity index (χ2n) is 8.79. The Hall–Kier alpha value is -3.99. The number of nitrogens with one attached hydrogen (secondary N) is 2. The molecule has 3 N–H and O–H groups in total. The number of nitrogens with zero attached hydrogens (tertiary/aromatic N) is 7. The summed E-state index contributed by atoms with van der Waals surface area (Å²) < 4.78 is 1.47. The Morgan fingerprint density at radius 1 is 1.38 bits per heavy atom. The number of aliphatic carboxylic acids is 1. The summed E-state index contributed by atoms with van der Waals surface area (Å²) in [5.41, 5.74) is 0.357. The van der Waals surface area contributed by atoms with Crippen molar-refractivity contribution in [1.82, 2.24) is 35.4 Å². The normalized spacial score (nSPS) is 18.9. The number of aromatic nitrogens is 5. The van der Waals surface area contributed by atoms with Crippen molar-refractivity contribution in [3.63, 3.8) is 0 Å². The van der Waals surface area contributed by atoms with Crippen molar-refractivity contribution >= 4 is 59.2 Å². The van der Waals surface area contributed by atoms with Crippen LogP contribution in [0.2, 0.25) is 0 Å². The monoisotopic (exact) mass is 575 g/mol. The summed E-state index contributed by atoms with van der Waals surface area (Å²) in [4.78, 5) is 60.0. The smallest absolute Gasteiger partial charge is 0.352 e. The second kappa shape index (κ2) is 12.2. The van der Waals surface area contributed by atoms with Crippen LogP contribution in [0.3, 0.4) is 0 Å². The average Bonchev–Trinajstić information content (AvgIpc) is 3.32. The number of carbonyl (C=O) groups excluding carboxylic acids is 3. The van der Waals surface area contributed by atoms with E-state index in [1.807, 2.05) is 13.8 Å². The minimum absolute atomic E-state index is 0.111. The van der Waals surface area contributed by atoms with Crippen LogP contribution in [0.15, 0.2) is 39.8 Å². The molecule has 0 aromatic carbocycles. The van der Waals surface area contributed by atoms with Gasteiger partial charge in [-0.1, -0.05) is 36.8 Å². The molecular formula is C22H25N9O6S2. The topological polar surface area (TPSA) is 194 Å². The van der Waals surface area contributed by atoms with Gasteiger partial charge in [-0.15, -0.1) is 16.9 Å². The van der Waals surface area contributed by atoms with E-state index >= 15 is 0 Å². The van der Waals surface area contributed by atoms with Crippen LogP contribution in [0.5, 0.6) is 0 Å². The molecule has 17 heteroatoms. The van der Waals surface area contributed by atoms with Crippen molar-refractivity contribution in [2.75, 3.05) is 23.4 Å². The fraction of sp³-hybridized carbons (Fsp3) is 0.409. The van der Waals surface area contributed by atoms with Gasteiger partial charge < -0.3 is 20.6 Å². The molecule has 2 aromatic rings. The number of hydrogen-bond donors (Lipinski definition) is 3. The first-order chi connectivity index (χ1) is 18.7. The molecule has 0 bridgehead atoms. The predicted octanol–water partition coefficient (Wildman–Crippen LogP) is 0.0810. The number of thioether (sulfide) groups is 2. The lowest BCUT2D eigenvalue weighted by Gasteiger charge is -2.49. The maximum absolute atomic E-state index is 13.3. The molecule has 0 aliphatic carbocycles. The lowest BCUT2D eigenvalue weighted by atomic mass is 10.0. The van der Waals surface area contributed by atoms with Crippen LogP contribution >= 0.6 is 23.5 Å². The highest BCUT2D eigenvalue weighted by atomic mass is 32.2. The molecular weight excluding hydrogens is 550 g/mol. The third-order valence-electron chi connectivity index (χ3n) is 5.47. The van der Waals surface area contributed by atoms with Gasteiger partial charge in [0.15, 0.2) is 5.71 Å². The Balaban J connectivity index is 1.52. The largest absolute Gasteiger partial charge is 0.477 e. The van der Waals surface area contributed by atoms with Crippen LogP contribution in [0.1, 0.15) is 19.5 Å². The van der Waals surface area contributed by atoms with E-state index < -0.39 is 29.2 Å². The molecule has 2 atom stereocenters. The first-order valence-electron chi connectivity index (χ1n) is 11.6. The number of fused-ring (bicyclic) bond motifs is 1. The van der Waals surface area contributed by atoms with Crippen molar-refractivity contribution in [1.29, 1.82) is 0 Å². The highest BCUT2D eigenvalue weighted by Crippen LogP contribution is 2.41. The van der Waals surface area contributed by atoms with Gasteiger partial charge in [-0.3, -0.25) is 19.3 Å². The summed E-state index contributed by atoms with van der Waals surface area (Å²) >= 11 is 2.60. The molecule has 15 nitrogen and oxygen atoms in total. The number of rotatable bonds is 12. The third-order valence-corrected chi connectivity index (χ3v) is 7.91. The number of carboxylic acids is 1. The van der Waals surface area contributed by atoms with Gasteiger partial charge in [-0.25, -0.2) is 14.5 Å². The van der Waals surface area contributed by atoms with Crippen LogP contribution in [0.25, 0.3) is 0 Å². The lowest BCUT2D eigenvalue weighted by Crippen LogP contribution is -2.71. The fourth-order valence-electron chi connectivity index (χ4n) is 3.66. The molecule has 39 heavy (non-hydrogen) atoms. The van der Waals surface area contributed by atoms with Crippen LogP contribution in [-0.2, 0) is 31.1 Å². The quantitative estimate of drug-likeness (QED) is 0.102. The summed E-state index contributed by atoms with van der Waals surface area (Å²) in [6, 6.07) is 3.64. The van der Waals surface area contributed by atoms with Crippen LogP contribution in [0.4, 0.5) is 5.82 Å². The number of amides is 3. The summed E-state index contributed by atoms with van der Waals surface area (Å²) in [6.45, 7) is 4.05. The lowest BCUT2D eigenvalue weighted by molar-refractivity contribution is -0.150. The number of aryl methyl sites for hydroxylation is 1. The zero-order valence-electron chi connectivity index (χ0n) is 21.1. The summed E-state index contributed by atoms with van der Waals surface area (Å²) in [7, 11) is 1.67. The third kappa shape index (κ3) is 6.19. The molecule has 3 amide bonds. The molecule has 4 rings (SSSR count). The Bertz CT molecular complexity index is 1340. The van der Waals surface area contributed by atoms with Gasteiger partial charge in [0, 0.05) is 18.6 Å². The van der Waals surface area contributed by atoms with Gasteiger partial charge in [0.2, 0.25) is 11.6 Å². The first kappa shape index (κ1) is 28.0. The van der Waals surface area contributed by atoms with Crippen molar-refractivity contribution < 1.29 is 29.1 Å². The molecule has 2 aliphatic rings. The van der Waals surface area contributed by atoms with E-state index in [0.29, 0.717) is 22.9 Å². The Kier molecular flexibility index (Phi) is 8.80. The van der Waals surface area contributed by atoms with Gasteiger partial charge in [-0.05, 0) is 34.1 Å². The summed E-state index contributed by atoms with van der Waals surface area (Å²) in [6.07, 6.45) is 0.449. The molecule has 2 aromatic heterocycles. The molecule has 2 aliphatic heterocycles. The van der Waals surface area contributed by atoms with E-state index in [9.17, 15) is 24.3 Å². The Labute approximate surface area is 230 Å². The predicted molar refractivity (Wildman–Crippen MR) is 140 cm³/mol. The van der Waals surface area contributed by atoms with E-state index in [1.54, 1.807) is 13.1 Å². The number of tetrazole rings is 1. The maximum atomic E-state index is 13.3. The standard InChI is InChI=1S/C22H25N9O6S2/c1-11(2)7-37-27-15(13-5-4-6-14(24-13)23-10-32)18(33)25-16-19(34)31-17(21(35)36)12(8-38-20(16)31)9-39-22-26-28-29-30(22)3/h4-6,10-11,16,20H,7-9H2,1-3H3,(H,25,33)(H,35,36)(H,23,24,32)/b27-15-/t16?,20-/m1/s1. The summed E-state index contributed by atoms with van der Waals surface area (Å²) in [5.74, 6) is -1.60. The molecule has 206 valence electrons. The van der Waals surface area contributed by atoms with Crippen molar-refractivity contribution in [3.05, 3.63) is 35.2 Å². The molecule has 1 fully saturated rings. The minimum atomic E-state index is -1.24. The first-order valence-corrected chi connectivity index (χ1v) is 13.7. The maximum Gasteiger partial charge on any atom is 0.352 e. The number of pyridine rings is 1. The zero-order chi connectivity index (χ0) is 28.1. The van der Waals surface area contributed by atoms with Crippen LogP contribution in [0, 0.1) is 5.92 Å². The second-order valence-corrected chi connectivity index (χ2v) is 10.8. The van der Waals surface area contributed by atoms with Crippen LogP contribution < -0.4 is 10.6 Å². The zero-order valence-corrected chi connectivity index (χ0v) is 22.7. The van der Waals surface area contributed by atoms with Gasteiger partial charge in [0.25, 0.3) is 11.8 Å². The highest BCUT2D eigenvalue weighted by Gasteiger charge is 2.54. The minimum Gasteiger partial charge on any atom is -0.477 e. The van der Waals surface area contributed by atoms with Gasteiger partial charge in [0.1, 0.15) is 35.2 Å². The van der Waals surface area contributed by atoms with Gasteiger partial charge >= 0.3 is 5.97 Å². The highest BCUT2D eigenvalue weighted by molar-refractivity contribution is 8.01.